The molecule has 7 heteroatoms. The predicted molar refractivity (Wildman–Crippen MR) is 78.0 cm³/mol. The van der Waals surface area contributed by atoms with E-state index in [1.54, 1.807) is 0 Å². The van der Waals surface area contributed by atoms with Crippen molar-refractivity contribution in [2.75, 3.05) is 11.4 Å². The summed E-state index contributed by atoms with van der Waals surface area (Å²) < 4.78 is 14.1. The number of pyridine rings is 1. The minimum absolute atomic E-state index is 0.0199. The zero-order valence-electron chi connectivity index (χ0n) is 10.9. The topological polar surface area (TPSA) is 41.9 Å². The first-order valence-electron chi connectivity index (χ1n) is 6.52. The standard InChI is InChI=1S/C13H13Cl2FN4/c1-7-4-2-3-5-20(7)12-8-6-17-11(14)9(16)10(8)18-13(15)19-12/h6-7H,2-5H2,1H3/t7-/m0/s1. The average molecular weight is 315 g/mol. The quantitative estimate of drug-likeness (QED) is 0.592. The van der Waals surface area contributed by atoms with E-state index in [0.29, 0.717) is 17.2 Å². The van der Waals surface area contributed by atoms with Gasteiger partial charge in [0, 0.05) is 18.8 Å². The lowest BCUT2D eigenvalue weighted by atomic mass is 10.0. The fourth-order valence-electron chi connectivity index (χ4n) is 2.62. The van der Waals surface area contributed by atoms with Crippen LogP contribution in [0.5, 0.6) is 0 Å². The second-order valence-corrected chi connectivity index (χ2v) is 5.68. The van der Waals surface area contributed by atoms with Crippen molar-refractivity contribution in [2.45, 2.75) is 32.2 Å². The van der Waals surface area contributed by atoms with Gasteiger partial charge in [-0.25, -0.2) is 14.4 Å². The Morgan fingerprint density at radius 3 is 2.85 bits per heavy atom. The Hall–Kier alpha value is -1.20. The van der Waals surface area contributed by atoms with Crippen molar-refractivity contribution in [3.63, 3.8) is 0 Å². The van der Waals surface area contributed by atoms with Crippen LogP contribution in [-0.4, -0.2) is 27.5 Å². The average Bonchev–Trinajstić information content (AvgIpc) is 2.43. The molecule has 3 rings (SSSR count). The molecule has 0 spiro atoms. The Balaban J connectivity index is 2.22. The van der Waals surface area contributed by atoms with Crippen LogP contribution in [0, 0.1) is 5.82 Å². The molecule has 1 saturated heterocycles. The molecule has 0 N–H and O–H groups in total. The summed E-state index contributed by atoms with van der Waals surface area (Å²) in [6, 6.07) is 0.330. The predicted octanol–water partition coefficient (Wildman–Crippen LogP) is 3.85. The van der Waals surface area contributed by atoms with Crippen LogP contribution < -0.4 is 4.90 Å². The molecule has 0 amide bonds. The van der Waals surface area contributed by atoms with Gasteiger partial charge in [-0.2, -0.15) is 4.98 Å². The van der Waals surface area contributed by atoms with Crippen molar-refractivity contribution in [1.29, 1.82) is 0 Å². The van der Waals surface area contributed by atoms with Gasteiger partial charge in [0.1, 0.15) is 11.3 Å². The Bertz CT molecular complexity index is 664. The van der Waals surface area contributed by atoms with E-state index in [1.807, 2.05) is 0 Å². The van der Waals surface area contributed by atoms with Crippen molar-refractivity contribution in [1.82, 2.24) is 15.0 Å². The van der Waals surface area contributed by atoms with Gasteiger partial charge in [-0.05, 0) is 37.8 Å². The van der Waals surface area contributed by atoms with Gasteiger partial charge in [0.2, 0.25) is 5.28 Å². The maximum atomic E-state index is 14.1. The Morgan fingerprint density at radius 1 is 1.30 bits per heavy atom. The first kappa shape index (κ1) is 13.8. The molecule has 1 aliphatic rings. The molecule has 2 aromatic heterocycles. The number of rotatable bonds is 1. The maximum Gasteiger partial charge on any atom is 0.225 e. The molecule has 0 aromatic carbocycles. The van der Waals surface area contributed by atoms with Crippen LogP contribution in [-0.2, 0) is 0 Å². The summed E-state index contributed by atoms with van der Waals surface area (Å²) in [7, 11) is 0. The van der Waals surface area contributed by atoms with Crippen molar-refractivity contribution >= 4 is 39.9 Å². The van der Waals surface area contributed by atoms with Crippen LogP contribution in [0.2, 0.25) is 10.4 Å². The van der Waals surface area contributed by atoms with Gasteiger partial charge in [-0.1, -0.05) is 11.6 Å². The molecule has 20 heavy (non-hydrogen) atoms. The summed E-state index contributed by atoms with van der Waals surface area (Å²) in [4.78, 5) is 14.2. The number of hydrogen-bond donors (Lipinski definition) is 0. The number of halogens is 3. The third kappa shape index (κ3) is 2.29. The number of fused-ring (bicyclic) bond motifs is 1. The first-order chi connectivity index (χ1) is 9.58. The van der Waals surface area contributed by atoms with Crippen LogP contribution in [0.15, 0.2) is 6.20 Å². The lowest BCUT2D eigenvalue weighted by Gasteiger charge is -2.34. The second-order valence-electron chi connectivity index (χ2n) is 4.98. The van der Waals surface area contributed by atoms with Gasteiger partial charge in [0.25, 0.3) is 0 Å². The van der Waals surface area contributed by atoms with E-state index >= 15 is 0 Å². The van der Waals surface area contributed by atoms with Gasteiger partial charge in [-0.15, -0.1) is 0 Å². The summed E-state index contributed by atoms with van der Waals surface area (Å²) in [6.45, 7) is 2.99. The van der Waals surface area contributed by atoms with Crippen molar-refractivity contribution in [3.8, 4) is 0 Å². The van der Waals surface area contributed by atoms with E-state index in [-0.39, 0.29) is 16.0 Å². The van der Waals surface area contributed by atoms with Crippen LogP contribution in [0.1, 0.15) is 26.2 Å². The monoisotopic (exact) mass is 314 g/mol. The van der Waals surface area contributed by atoms with Crippen molar-refractivity contribution in [3.05, 3.63) is 22.5 Å². The third-order valence-electron chi connectivity index (χ3n) is 3.67. The largest absolute Gasteiger partial charge is 0.353 e. The number of anilines is 1. The van der Waals surface area contributed by atoms with E-state index in [1.165, 1.54) is 12.6 Å². The molecular weight excluding hydrogens is 302 g/mol. The normalized spacial score (nSPS) is 19.6. The SMILES string of the molecule is C[C@H]1CCCCN1c1nc(Cl)nc2c(F)c(Cl)ncc12. The molecule has 1 atom stereocenters. The molecule has 4 nitrogen and oxygen atoms in total. The van der Waals surface area contributed by atoms with E-state index in [9.17, 15) is 4.39 Å². The summed E-state index contributed by atoms with van der Waals surface area (Å²) in [5.74, 6) is -0.0188. The number of nitrogens with zero attached hydrogens (tertiary/aromatic N) is 4. The fourth-order valence-corrected chi connectivity index (χ4v) is 2.93. The molecule has 106 valence electrons. The Morgan fingerprint density at radius 2 is 2.10 bits per heavy atom. The Labute approximate surface area is 125 Å². The van der Waals surface area contributed by atoms with Crippen LogP contribution >= 0.6 is 23.2 Å². The van der Waals surface area contributed by atoms with Crippen molar-refractivity contribution < 1.29 is 4.39 Å². The summed E-state index contributed by atoms with van der Waals surface area (Å²) in [5.41, 5.74) is 0.123. The minimum Gasteiger partial charge on any atom is -0.353 e. The number of hydrogen-bond acceptors (Lipinski definition) is 4. The van der Waals surface area contributed by atoms with Gasteiger partial charge >= 0.3 is 0 Å². The lowest BCUT2D eigenvalue weighted by Crippen LogP contribution is -2.38. The highest BCUT2D eigenvalue weighted by molar-refractivity contribution is 6.30. The molecule has 0 bridgehead atoms. The molecule has 1 aliphatic heterocycles. The highest BCUT2D eigenvalue weighted by Crippen LogP contribution is 2.32. The summed E-state index contributed by atoms with van der Waals surface area (Å²) in [6.07, 6.45) is 4.85. The molecule has 0 aliphatic carbocycles. The molecule has 1 fully saturated rings. The number of aromatic nitrogens is 3. The smallest absolute Gasteiger partial charge is 0.225 e. The zero-order chi connectivity index (χ0) is 14.3. The summed E-state index contributed by atoms with van der Waals surface area (Å²) >= 11 is 11.6. The van der Waals surface area contributed by atoms with E-state index in [4.69, 9.17) is 23.2 Å². The van der Waals surface area contributed by atoms with Crippen LogP contribution in [0.25, 0.3) is 10.9 Å². The molecule has 2 aromatic rings. The van der Waals surface area contributed by atoms with Gasteiger partial charge in [0.05, 0.1) is 5.39 Å². The van der Waals surface area contributed by atoms with E-state index in [0.717, 1.165) is 19.4 Å². The van der Waals surface area contributed by atoms with Gasteiger partial charge in [-0.3, -0.25) is 0 Å². The van der Waals surface area contributed by atoms with Gasteiger partial charge < -0.3 is 4.90 Å². The van der Waals surface area contributed by atoms with Gasteiger partial charge in [0.15, 0.2) is 11.0 Å². The number of piperidine rings is 1. The van der Waals surface area contributed by atoms with Crippen molar-refractivity contribution in [2.24, 2.45) is 0 Å². The van der Waals surface area contributed by atoms with E-state index < -0.39 is 5.82 Å². The molecule has 0 unspecified atom stereocenters. The lowest BCUT2D eigenvalue weighted by molar-refractivity contribution is 0.482. The minimum atomic E-state index is -0.653. The highest BCUT2D eigenvalue weighted by Gasteiger charge is 2.24. The second kappa shape index (κ2) is 5.30. The third-order valence-corrected chi connectivity index (χ3v) is 4.10. The van der Waals surface area contributed by atoms with Crippen LogP contribution in [0.3, 0.4) is 0 Å². The first-order valence-corrected chi connectivity index (χ1v) is 7.27. The van der Waals surface area contributed by atoms with E-state index in [2.05, 4.69) is 26.8 Å². The fraction of sp³-hybridized carbons (Fsp3) is 0.462. The molecular formula is C13H13Cl2FN4. The van der Waals surface area contributed by atoms with Crippen LogP contribution in [0.4, 0.5) is 10.2 Å². The highest BCUT2D eigenvalue weighted by atomic mass is 35.5. The maximum absolute atomic E-state index is 14.1. The molecule has 3 heterocycles. The molecule has 0 radical (unpaired) electrons. The zero-order valence-corrected chi connectivity index (χ0v) is 12.4. The Kier molecular flexibility index (Phi) is 3.65. The molecule has 0 saturated carbocycles. The summed E-state index contributed by atoms with van der Waals surface area (Å²) in [5, 5.41) is 0.362.